The van der Waals surface area contributed by atoms with E-state index in [9.17, 15) is 19.5 Å². The van der Waals surface area contributed by atoms with Crippen LogP contribution < -0.4 is 5.32 Å². The Labute approximate surface area is 220 Å². The Hall–Kier alpha value is -2.07. The second-order valence-corrected chi connectivity index (χ2v) is 11.3. The summed E-state index contributed by atoms with van der Waals surface area (Å²) in [6.45, 7) is 3.81. The number of ether oxygens (including phenoxy) is 1. The Morgan fingerprint density at radius 1 is 1.17 bits per heavy atom. The zero-order valence-electron chi connectivity index (χ0n) is 20.3. The first-order valence-electron chi connectivity index (χ1n) is 12.6. The number of aliphatic hydroxyl groups is 1. The molecule has 9 nitrogen and oxygen atoms in total. The van der Waals surface area contributed by atoms with E-state index in [1.807, 2.05) is 4.90 Å². The SMILES string of the molecule is CC1C(=O)N2C(CCC(=O)N3CCC4(CC4)C(O)C3)COCC2CN1C(=O)Nc1ccc(Cl)c(Cl)c1. The molecule has 4 atom stereocenters. The predicted octanol–water partition coefficient (Wildman–Crippen LogP) is 2.98. The topological polar surface area (TPSA) is 102 Å². The molecule has 1 aliphatic carbocycles. The Bertz CT molecular complexity index is 1050. The minimum Gasteiger partial charge on any atom is -0.391 e. The number of carbonyl (C=O) groups excluding carboxylic acids is 3. The standard InChI is InChI=1S/C25H32Cl2N4O5/c1-15-23(34)31-17(3-5-22(33)29-9-8-25(6-7-25)21(32)12-29)13-36-14-18(31)11-30(15)24(35)28-16-2-4-19(26)20(27)10-16/h2,4,10,15,17-18,21,32H,3,5-9,11-14H2,1H3,(H,28,35). The fourth-order valence-corrected chi connectivity index (χ4v) is 6.02. The van der Waals surface area contributed by atoms with Crippen molar-refractivity contribution in [3.8, 4) is 0 Å². The van der Waals surface area contributed by atoms with E-state index in [2.05, 4.69) is 5.32 Å². The minimum absolute atomic E-state index is 0.00631. The van der Waals surface area contributed by atoms with Crippen molar-refractivity contribution in [2.24, 2.45) is 5.41 Å². The highest BCUT2D eigenvalue weighted by Crippen LogP contribution is 2.53. The maximum atomic E-state index is 13.4. The molecule has 5 rings (SSSR count). The van der Waals surface area contributed by atoms with Crippen molar-refractivity contribution in [3.05, 3.63) is 28.2 Å². The summed E-state index contributed by atoms with van der Waals surface area (Å²) < 4.78 is 5.79. The van der Waals surface area contributed by atoms with Gasteiger partial charge in [0.05, 0.1) is 41.4 Å². The van der Waals surface area contributed by atoms with Gasteiger partial charge in [-0.05, 0) is 56.2 Å². The van der Waals surface area contributed by atoms with Gasteiger partial charge in [0.15, 0.2) is 0 Å². The number of benzene rings is 1. The van der Waals surface area contributed by atoms with E-state index in [-0.39, 0.29) is 29.3 Å². The molecule has 0 radical (unpaired) electrons. The van der Waals surface area contributed by atoms with Crippen LogP contribution in [0.25, 0.3) is 0 Å². The molecule has 3 heterocycles. The maximum Gasteiger partial charge on any atom is 0.322 e. The Morgan fingerprint density at radius 2 is 1.94 bits per heavy atom. The van der Waals surface area contributed by atoms with Gasteiger partial charge in [0.2, 0.25) is 11.8 Å². The highest BCUT2D eigenvalue weighted by molar-refractivity contribution is 6.42. The third-order valence-electron chi connectivity index (χ3n) is 8.24. The van der Waals surface area contributed by atoms with Gasteiger partial charge in [0.25, 0.3) is 0 Å². The van der Waals surface area contributed by atoms with Crippen LogP contribution in [0.15, 0.2) is 18.2 Å². The summed E-state index contributed by atoms with van der Waals surface area (Å²) in [5.74, 6) is -0.146. The molecule has 4 unspecified atom stereocenters. The number of hydrogen-bond acceptors (Lipinski definition) is 5. The van der Waals surface area contributed by atoms with Crippen molar-refractivity contribution in [1.82, 2.24) is 14.7 Å². The Morgan fingerprint density at radius 3 is 2.64 bits per heavy atom. The molecule has 11 heteroatoms. The lowest BCUT2D eigenvalue weighted by atomic mass is 9.90. The van der Waals surface area contributed by atoms with E-state index < -0.39 is 18.2 Å². The first-order chi connectivity index (χ1) is 17.2. The van der Waals surface area contributed by atoms with Gasteiger partial charge < -0.3 is 29.9 Å². The van der Waals surface area contributed by atoms with Gasteiger partial charge >= 0.3 is 6.03 Å². The van der Waals surface area contributed by atoms with Crippen LogP contribution in [0.3, 0.4) is 0 Å². The van der Waals surface area contributed by atoms with Gasteiger partial charge in [-0.3, -0.25) is 9.59 Å². The number of amides is 4. The number of halogens is 2. The zero-order valence-corrected chi connectivity index (χ0v) is 21.8. The summed E-state index contributed by atoms with van der Waals surface area (Å²) >= 11 is 12.0. The molecule has 1 spiro atoms. The summed E-state index contributed by atoms with van der Waals surface area (Å²) in [6, 6.07) is 3.24. The van der Waals surface area contributed by atoms with Crippen molar-refractivity contribution >= 4 is 46.7 Å². The molecule has 0 aromatic heterocycles. The second-order valence-electron chi connectivity index (χ2n) is 10.5. The predicted molar refractivity (Wildman–Crippen MR) is 135 cm³/mol. The van der Waals surface area contributed by atoms with Crippen molar-refractivity contribution in [2.45, 2.75) is 63.3 Å². The minimum atomic E-state index is -0.660. The number of anilines is 1. The number of rotatable bonds is 4. The summed E-state index contributed by atoms with van der Waals surface area (Å²) in [7, 11) is 0. The van der Waals surface area contributed by atoms with Crippen LogP contribution in [0, 0.1) is 5.41 Å². The lowest BCUT2D eigenvalue weighted by Gasteiger charge is -2.50. The molecule has 4 amide bonds. The smallest absolute Gasteiger partial charge is 0.322 e. The first kappa shape index (κ1) is 25.6. The number of nitrogens with zero attached hydrogens (tertiary/aromatic N) is 3. The molecule has 4 fully saturated rings. The van der Waals surface area contributed by atoms with Gasteiger partial charge in [-0.15, -0.1) is 0 Å². The molecule has 196 valence electrons. The molecule has 36 heavy (non-hydrogen) atoms. The molecule has 0 bridgehead atoms. The third-order valence-corrected chi connectivity index (χ3v) is 8.98. The van der Waals surface area contributed by atoms with E-state index in [0.717, 1.165) is 19.3 Å². The average Bonchev–Trinajstić information content (AvgIpc) is 3.64. The number of urea groups is 1. The van der Waals surface area contributed by atoms with Gasteiger partial charge in [-0.1, -0.05) is 23.2 Å². The highest BCUT2D eigenvalue weighted by Gasteiger charge is 2.52. The van der Waals surface area contributed by atoms with Gasteiger partial charge in [-0.25, -0.2) is 4.79 Å². The normalized spacial score (nSPS) is 29.2. The monoisotopic (exact) mass is 538 g/mol. The van der Waals surface area contributed by atoms with Crippen LogP contribution in [0.5, 0.6) is 0 Å². The molecule has 1 saturated carbocycles. The van der Waals surface area contributed by atoms with Crippen LogP contribution in [0.2, 0.25) is 10.0 Å². The molecular formula is C25H32Cl2N4O5. The number of nitrogens with one attached hydrogen (secondary N) is 1. The molecule has 2 N–H and O–H groups in total. The Kier molecular flexibility index (Phi) is 7.11. The maximum absolute atomic E-state index is 13.4. The highest BCUT2D eigenvalue weighted by atomic mass is 35.5. The van der Waals surface area contributed by atoms with E-state index >= 15 is 0 Å². The number of β-amino-alcohol motifs (C(OH)–C–C–N with tert-alkyl or cyclic N) is 1. The number of likely N-dealkylation sites (tertiary alicyclic amines) is 1. The number of piperazine rings is 1. The first-order valence-corrected chi connectivity index (χ1v) is 13.3. The second kappa shape index (κ2) is 10.0. The summed E-state index contributed by atoms with van der Waals surface area (Å²) in [6.07, 6.45) is 3.30. The van der Waals surface area contributed by atoms with Crippen molar-refractivity contribution in [1.29, 1.82) is 0 Å². The van der Waals surface area contributed by atoms with Crippen LogP contribution in [-0.2, 0) is 14.3 Å². The van der Waals surface area contributed by atoms with E-state index in [1.54, 1.807) is 30.0 Å². The fourth-order valence-electron chi connectivity index (χ4n) is 5.72. The summed E-state index contributed by atoms with van der Waals surface area (Å²) in [4.78, 5) is 44.3. The van der Waals surface area contributed by atoms with E-state index in [4.69, 9.17) is 27.9 Å². The Balaban J connectivity index is 1.18. The molecule has 1 aromatic rings. The van der Waals surface area contributed by atoms with Crippen molar-refractivity contribution in [2.75, 3.05) is 38.2 Å². The molecule has 3 aliphatic heterocycles. The number of carbonyl (C=O) groups is 3. The number of fused-ring (bicyclic) bond motifs is 1. The number of aliphatic hydroxyl groups excluding tert-OH is 1. The molecular weight excluding hydrogens is 507 g/mol. The third kappa shape index (κ3) is 4.90. The van der Waals surface area contributed by atoms with Gasteiger partial charge in [0.1, 0.15) is 6.04 Å². The molecule has 4 aliphatic rings. The number of piperidine rings is 1. The van der Waals surface area contributed by atoms with Crippen molar-refractivity contribution < 1.29 is 24.2 Å². The van der Waals surface area contributed by atoms with Crippen LogP contribution in [-0.4, -0.2) is 94.7 Å². The quantitative estimate of drug-likeness (QED) is 0.613. The lowest BCUT2D eigenvalue weighted by molar-refractivity contribution is -0.160. The number of morpholine rings is 1. The fraction of sp³-hybridized carbons (Fsp3) is 0.640. The lowest BCUT2D eigenvalue weighted by Crippen LogP contribution is -2.68. The van der Waals surface area contributed by atoms with Crippen LogP contribution >= 0.6 is 23.2 Å². The molecule has 1 aromatic carbocycles. The van der Waals surface area contributed by atoms with Crippen molar-refractivity contribution in [3.63, 3.8) is 0 Å². The number of hydrogen-bond donors (Lipinski definition) is 2. The van der Waals surface area contributed by atoms with Gasteiger partial charge in [-0.2, -0.15) is 0 Å². The summed E-state index contributed by atoms with van der Waals surface area (Å²) in [5.41, 5.74) is 0.540. The largest absolute Gasteiger partial charge is 0.391 e. The summed E-state index contributed by atoms with van der Waals surface area (Å²) in [5, 5.41) is 13.9. The van der Waals surface area contributed by atoms with Crippen LogP contribution in [0.1, 0.15) is 39.0 Å². The van der Waals surface area contributed by atoms with E-state index in [1.165, 1.54) is 4.90 Å². The average molecular weight is 539 g/mol. The van der Waals surface area contributed by atoms with Crippen LogP contribution in [0.4, 0.5) is 10.5 Å². The zero-order chi connectivity index (χ0) is 25.6. The molecule has 3 saturated heterocycles. The van der Waals surface area contributed by atoms with E-state index in [0.29, 0.717) is 61.4 Å². The van der Waals surface area contributed by atoms with Gasteiger partial charge in [0, 0.05) is 31.7 Å².